The maximum absolute atomic E-state index is 12.2. The standard InChI is InChI=1S/2C10H9F3OS/c2*1-9(7-14,15-10(11,12)13)8-5-3-2-4-6-8/h2*2-7H,1H3. The van der Waals surface area contributed by atoms with Crippen LogP contribution in [0.25, 0.3) is 0 Å². The molecule has 0 bridgehead atoms. The van der Waals surface area contributed by atoms with Crippen molar-refractivity contribution in [3.8, 4) is 0 Å². The number of benzene rings is 2. The maximum Gasteiger partial charge on any atom is 0.443 e. The van der Waals surface area contributed by atoms with Crippen LogP contribution in [0, 0.1) is 0 Å². The van der Waals surface area contributed by atoms with Gasteiger partial charge in [-0.05, 0) is 48.5 Å². The van der Waals surface area contributed by atoms with Gasteiger partial charge in [0.05, 0.1) is 0 Å². The van der Waals surface area contributed by atoms with Gasteiger partial charge in [-0.2, -0.15) is 26.3 Å². The largest absolute Gasteiger partial charge is 0.443 e. The highest BCUT2D eigenvalue weighted by molar-refractivity contribution is 8.01. The van der Waals surface area contributed by atoms with E-state index in [0.717, 1.165) is 0 Å². The zero-order valence-corrected chi connectivity index (χ0v) is 17.5. The fourth-order valence-electron chi connectivity index (χ4n) is 2.32. The van der Waals surface area contributed by atoms with Gasteiger partial charge < -0.3 is 9.59 Å². The number of alkyl halides is 6. The second kappa shape index (κ2) is 10.4. The van der Waals surface area contributed by atoms with Crippen LogP contribution in [0.1, 0.15) is 25.0 Å². The molecule has 0 fully saturated rings. The molecule has 0 aromatic heterocycles. The second-order valence-corrected chi connectivity index (χ2v) is 9.31. The van der Waals surface area contributed by atoms with Gasteiger partial charge in [0, 0.05) is 0 Å². The van der Waals surface area contributed by atoms with E-state index in [2.05, 4.69) is 0 Å². The lowest BCUT2D eigenvalue weighted by molar-refractivity contribution is -0.110. The molecular formula is C20H18F6O2S2. The van der Waals surface area contributed by atoms with Gasteiger partial charge >= 0.3 is 11.0 Å². The SMILES string of the molecule is CC(C=O)(SC(F)(F)F)c1ccccc1.CC(C=O)(SC(F)(F)F)c1ccccc1. The van der Waals surface area contributed by atoms with Crippen LogP contribution >= 0.6 is 23.5 Å². The Balaban J connectivity index is 0.000000300. The topological polar surface area (TPSA) is 34.1 Å². The molecule has 0 spiro atoms. The fraction of sp³-hybridized carbons (Fsp3) is 0.300. The van der Waals surface area contributed by atoms with Gasteiger partial charge in [0.25, 0.3) is 0 Å². The molecule has 30 heavy (non-hydrogen) atoms. The monoisotopic (exact) mass is 468 g/mol. The summed E-state index contributed by atoms with van der Waals surface area (Å²) in [6.07, 6.45) is 0.640. The molecule has 2 atom stereocenters. The fourth-order valence-corrected chi connectivity index (χ4v) is 3.89. The van der Waals surface area contributed by atoms with E-state index in [1.54, 1.807) is 36.4 Å². The van der Waals surface area contributed by atoms with Crippen LogP contribution in [-0.2, 0) is 19.1 Å². The van der Waals surface area contributed by atoms with Gasteiger partial charge in [-0.1, -0.05) is 60.7 Å². The summed E-state index contributed by atoms with van der Waals surface area (Å²) in [5.41, 5.74) is -8.15. The van der Waals surface area contributed by atoms with E-state index in [-0.39, 0.29) is 23.5 Å². The third-order valence-corrected chi connectivity index (χ3v) is 5.77. The minimum absolute atomic E-state index is 0.311. The molecule has 0 aliphatic carbocycles. The predicted octanol–water partition coefficient (Wildman–Crippen LogP) is 6.71. The molecule has 0 radical (unpaired) electrons. The first-order valence-electron chi connectivity index (χ1n) is 8.32. The molecule has 2 rings (SSSR count). The predicted molar refractivity (Wildman–Crippen MR) is 107 cm³/mol. The summed E-state index contributed by atoms with van der Waals surface area (Å²) in [6, 6.07) is 15.8. The number of hydrogen-bond donors (Lipinski definition) is 0. The van der Waals surface area contributed by atoms with Crippen LogP contribution in [-0.4, -0.2) is 23.6 Å². The highest BCUT2D eigenvalue weighted by Gasteiger charge is 2.42. The van der Waals surface area contributed by atoms with Crippen LogP contribution < -0.4 is 0 Å². The molecule has 0 N–H and O–H groups in total. The maximum atomic E-state index is 12.2. The smallest absolute Gasteiger partial charge is 0.301 e. The number of halogens is 6. The molecule has 0 saturated carbocycles. The van der Waals surface area contributed by atoms with Crippen LogP contribution in [0.2, 0.25) is 0 Å². The Morgan fingerprint density at radius 3 is 1.07 bits per heavy atom. The summed E-state index contributed by atoms with van der Waals surface area (Å²) in [6.45, 7) is 2.51. The van der Waals surface area contributed by atoms with Crippen LogP contribution in [0.5, 0.6) is 0 Å². The van der Waals surface area contributed by atoms with Gasteiger partial charge in [-0.3, -0.25) is 0 Å². The van der Waals surface area contributed by atoms with E-state index in [0.29, 0.717) is 23.7 Å². The van der Waals surface area contributed by atoms with Crippen molar-refractivity contribution >= 4 is 36.1 Å². The second-order valence-electron chi connectivity index (χ2n) is 6.28. The number of thioether (sulfide) groups is 2. The molecular weight excluding hydrogens is 450 g/mol. The molecule has 2 aromatic rings. The van der Waals surface area contributed by atoms with E-state index >= 15 is 0 Å². The zero-order chi connectivity index (χ0) is 23.1. The third-order valence-electron chi connectivity index (χ3n) is 3.80. The van der Waals surface area contributed by atoms with Crippen molar-refractivity contribution in [2.75, 3.05) is 0 Å². The molecule has 0 saturated heterocycles. The lowest BCUT2D eigenvalue weighted by Gasteiger charge is -2.23. The first-order valence-corrected chi connectivity index (χ1v) is 9.95. The average Bonchev–Trinajstić information content (AvgIpc) is 2.67. The molecule has 2 aromatic carbocycles. The summed E-state index contributed by atoms with van der Waals surface area (Å²) < 4.78 is 70.2. The Bertz CT molecular complexity index is 742. The normalized spacial score (nSPS) is 15.7. The van der Waals surface area contributed by atoms with Gasteiger partial charge in [-0.15, -0.1) is 0 Å². The zero-order valence-electron chi connectivity index (χ0n) is 15.8. The van der Waals surface area contributed by atoms with E-state index in [4.69, 9.17) is 0 Å². The van der Waals surface area contributed by atoms with Crippen molar-refractivity contribution in [2.45, 2.75) is 34.4 Å². The van der Waals surface area contributed by atoms with Crippen molar-refractivity contribution < 1.29 is 35.9 Å². The van der Waals surface area contributed by atoms with Crippen molar-refractivity contribution in [3.05, 3.63) is 71.8 Å². The number of carbonyl (C=O) groups is 2. The van der Waals surface area contributed by atoms with Crippen molar-refractivity contribution in [3.63, 3.8) is 0 Å². The van der Waals surface area contributed by atoms with E-state index in [1.165, 1.54) is 38.1 Å². The number of aldehydes is 2. The van der Waals surface area contributed by atoms with Gasteiger partial charge in [0.2, 0.25) is 0 Å². The van der Waals surface area contributed by atoms with E-state index < -0.39 is 20.5 Å². The van der Waals surface area contributed by atoms with Crippen LogP contribution in [0.4, 0.5) is 26.3 Å². The molecule has 0 aliphatic heterocycles. The van der Waals surface area contributed by atoms with Gasteiger partial charge in [0.1, 0.15) is 22.1 Å². The van der Waals surface area contributed by atoms with E-state index in [1.807, 2.05) is 0 Å². The number of hydrogen-bond acceptors (Lipinski definition) is 4. The minimum Gasteiger partial charge on any atom is -0.301 e. The number of rotatable bonds is 6. The Kier molecular flexibility index (Phi) is 9.04. The van der Waals surface area contributed by atoms with Gasteiger partial charge in [0.15, 0.2) is 0 Å². The number of carbonyl (C=O) groups excluding carboxylic acids is 2. The summed E-state index contributed by atoms with van der Waals surface area (Å²) >= 11 is -0.622. The Labute approximate surface area is 178 Å². The summed E-state index contributed by atoms with van der Waals surface area (Å²) in [5, 5.41) is 0. The molecule has 10 heteroatoms. The van der Waals surface area contributed by atoms with Crippen LogP contribution in [0.15, 0.2) is 60.7 Å². The van der Waals surface area contributed by atoms with E-state index in [9.17, 15) is 35.9 Å². The summed E-state index contributed by atoms with van der Waals surface area (Å²) in [5.74, 6) is 0. The third kappa shape index (κ3) is 8.43. The molecule has 164 valence electrons. The Morgan fingerprint density at radius 2 is 0.867 bits per heavy atom. The van der Waals surface area contributed by atoms with Crippen molar-refractivity contribution in [2.24, 2.45) is 0 Å². The molecule has 2 unspecified atom stereocenters. The summed E-state index contributed by atoms with van der Waals surface area (Å²) in [4.78, 5) is 21.6. The lowest BCUT2D eigenvalue weighted by Crippen LogP contribution is -2.24. The quantitative estimate of drug-likeness (QED) is 0.349. The van der Waals surface area contributed by atoms with Crippen molar-refractivity contribution in [1.29, 1.82) is 0 Å². The Hall–Kier alpha value is -1.94. The van der Waals surface area contributed by atoms with Crippen LogP contribution in [0.3, 0.4) is 0 Å². The highest BCUT2D eigenvalue weighted by Crippen LogP contribution is 2.46. The molecule has 0 heterocycles. The summed E-state index contributed by atoms with van der Waals surface area (Å²) in [7, 11) is 0. The molecule has 0 amide bonds. The lowest BCUT2D eigenvalue weighted by atomic mass is 10.0. The first-order chi connectivity index (χ1) is 13.7. The molecule has 2 nitrogen and oxygen atoms in total. The molecule has 0 aliphatic rings. The highest BCUT2D eigenvalue weighted by atomic mass is 32.2. The van der Waals surface area contributed by atoms with Crippen molar-refractivity contribution in [1.82, 2.24) is 0 Å². The Morgan fingerprint density at radius 1 is 0.600 bits per heavy atom. The minimum atomic E-state index is -4.43. The first kappa shape index (κ1) is 26.1. The van der Waals surface area contributed by atoms with Gasteiger partial charge in [-0.25, -0.2) is 0 Å². The average molecular weight is 468 g/mol.